The first-order chi connectivity index (χ1) is 15.0. The molecule has 0 radical (unpaired) electrons. The summed E-state index contributed by atoms with van der Waals surface area (Å²) in [5.41, 5.74) is 3.16. The molecular weight excluding hydrogens is 388 g/mol. The third-order valence-electron chi connectivity index (χ3n) is 5.08. The number of piperazine rings is 1. The molecule has 0 aliphatic carbocycles. The highest BCUT2D eigenvalue weighted by Gasteiger charge is 2.19. The maximum atomic E-state index is 11.8. The molecular formula is C24H34N6O. The van der Waals surface area contributed by atoms with E-state index in [1.54, 1.807) is 0 Å². The fourth-order valence-corrected chi connectivity index (χ4v) is 3.53. The number of nitrogens with one attached hydrogen (secondary N) is 3. The number of anilines is 2. The van der Waals surface area contributed by atoms with Crippen molar-refractivity contribution < 1.29 is 4.79 Å². The molecule has 1 saturated heterocycles. The Kier molecular flexibility index (Phi) is 8.15. The molecule has 1 aliphatic heterocycles. The number of para-hydroxylation sites is 1. The van der Waals surface area contributed by atoms with Crippen LogP contribution < -0.4 is 20.9 Å². The van der Waals surface area contributed by atoms with Crippen LogP contribution in [0.4, 0.5) is 16.2 Å². The van der Waals surface area contributed by atoms with E-state index in [9.17, 15) is 4.79 Å². The highest BCUT2D eigenvalue weighted by Crippen LogP contribution is 2.16. The van der Waals surface area contributed by atoms with Gasteiger partial charge in [0, 0.05) is 50.1 Å². The lowest BCUT2D eigenvalue weighted by Crippen LogP contribution is -2.52. The van der Waals surface area contributed by atoms with Crippen LogP contribution in [-0.2, 0) is 6.54 Å². The summed E-state index contributed by atoms with van der Waals surface area (Å²) in [6.07, 6.45) is 0. The van der Waals surface area contributed by atoms with Gasteiger partial charge in [0.15, 0.2) is 5.96 Å². The molecule has 0 spiro atoms. The Morgan fingerprint density at radius 3 is 2.29 bits per heavy atom. The van der Waals surface area contributed by atoms with Gasteiger partial charge < -0.3 is 25.8 Å². The first-order valence-corrected chi connectivity index (χ1v) is 11.0. The van der Waals surface area contributed by atoms with E-state index in [1.807, 2.05) is 38.1 Å². The Morgan fingerprint density at radius 2 is 1.68 bits per heavy atom. The number of amides is 2. The third-order valence-corrected chi connectivity index (χ3v) is 5.08. The summed E-state index contributed by atoms with van der Waals surface area (Å²) >= 11 is 0. The van der Waals surface area contributed by atoms with Gasteiger partial charge in [-0.1, -0.05) is 30.3 Å². The van der Waals surface area contributed by atoms with Crippen molar-refractivity contribution in [2.45, 2.75) is 33.4 Å². The second-order valence-corrected chi connectivity index (χ2v) is 7.93. The van der Waals surface area contributed by atoms with Gasteiger partial charge in [-0.2, -0.15) is 0 Å². The van der Waals surface area contributed by atoms with Crippen molar-refractivity contribution in [3.8, 4) is 0 Å². The summed E-state index contributed by atoms with van der Waals surface area (Å²) in [7, 11) is 0. The minimum atomic E-state index is -0.190. The average molecular weight is 423 g/mol. The second-order valence-electron chi connectivity index (χ2n) is 7.93. The SMILES string of the molecule is CCNC(=NCc1ccc(NC(=O)NC(C)C)cc1)N1CCN(c2ccccc2)CC1. The molecule has 31 heavy (non-hydrogen) atoms. The van der Waals surface area contributed by atoms with Crippen LogP contribution in [0.1, 0.15) is 26.3 Å². The van der Waals surface area contributed by atoms with Gasteiger partial charge in [-0.25, -0.2) is 9.79 Å². The Hall–Kier alpha value is -3.22. The van der Waals surface area contributed by atoms with Gasteiger partial charge in [-0.3, -0.25) is 0 Å². The Bertz CT molecular complexity index is 842. The van der Waals surface area contributed by atoms with Gasteiger partial charge >= 0.3 is 6.03 Å². The van der Waals surface area contributed by atoms with Crippen LogP contribution in [0.2, 0.25) is 0 Å². The molecule has 2 aromatic rings. The number of hydrogen-bond donors (Lipinski definition) is 3. The molecule has 0 unspecified atom stereocenters. The molecule has 0 aromatic heterocycles. The topological polar surface area (TPSA) is 72.0 Å². The van der Waals surface area contributed by atoms with E-state index in [0.29, 0.717) is 6.54 Å². The summed E-state index contributed by atoms with van der Waals surface area (Å²) in [6, 6.07) is 18.3. The molecule has 0 atom stereocenters. The maximum absolute atomic E-state index is 11.8. The molecule has 166 valence electrons. The van der Waals surface area contributed by atoms with Crippen LogP contribution >= 0.6 is 0 Å². The van der Waals surface area contributed by atoms with E-state index in [0.717, 1.165) is 49.9 Å². The van der Waals surface area contributed by atoms with Crippen LogP contribution in [0.15, 0.2) is 59.6 Å². The van der Waals surface area contributed by atoms with Crippen LogP contribution in [0.25, 0.3) is 0 Å². The lowest BCUT2D eigenvalue weighted by atomic mass is 10.2. The van der Waals surface area contributed by atoms with E-state index in [-0.39, 0.29) is 12.1 Å². The molecule has 1 fully saturated rings. The molecule has 1 aliphatic rings. The summed E-state index contributed by atoms with van der Waals surface area (Å²) < 4.78 is 0. The van der Waals surface area contributed by atoms with Crippen LogP contribution in [-0.4, -0.2) is 55.7 Å². The van der Waals surface area contributed by atoms with Gasteiger partial charge in [-0.15, -0.1) is 0 Å². The maximum Gasteiger partial charge on any atom is 0.319 e. The van der Waals surface area contributed by atoms with Crippen molar-refractivity contribution in [1.29, 1.82) is 0 Å². The number of carbonyl (C=O) groups is 1. The van der Waals surface area contributed by atoms with Gasteiger partial charge in [0.25, 0.3) is 0 Å². The predicted octanol–water partition coefficient (Wildman–Crippen LogP) is 3.50. The standard InChI is InChI=1S/C24H34N6O/c1-4-25-23(30-16-14-29(15-17-30)22-8-6-5-7-9-22)26-18-20-10-12-21(13-11-20)28-24(31)27-19(2)3/h5-13,19H,4,14-18H2,1-3H3,(H,25,26)(H2,27,28,31). The van der Waals surface area contributed by atoms with Gasteiger partial charge in [0.05, 0.1) is 6.54 Å². The largest absolute Gasteiger partial charge is 0.368 e. The number of hydrogen-bond acceptors (Lipinski definition) is 3. The summed E-state index contributed by atoms with van der Waals surface area (Å²) in [6.45, 7) is 11.2. The van der Waals surface area contributed by atoms with E-state index >= 15 is 0 Å². The fraction of sp³-hybridized carbons (Fsp3) is 0.417. The zero-order valence-electron chi connectivity index (χ0n) is 18.8. The van der Waals surface area contributed by atoms with E-state index < -0.39 is 0 Å². The number of aliphatic imine (C=N–C) groups is 1. The highest BCUT2D eigenvalue weighted by molar-refractivity contribution is 5.89. The van der Waals surface area contributed by atoms with E-state index in [2.05, 4.69) is 63.0 Å². The Labute approximate surface area is 185 Å². The molecule has 2 aromatic carbocycles. The quantitative estimate of drug-likeness (QED) is 0.492. The van der Waals surface area contributed by atoms with E-state index in [1.165, 1.54) is 5.69 Å². The highest BCUT2D eigenvalue weighted by atomic mass is 16.2. The Balaban J connectivity index is 1.55. The number of urea groups is 1. The van der Waals surface area contributed by atoms with Crippen molar-refractivity contribution in [3.05, 3.63) is 60.2 Å². The molecule has 2 amide bonds. The molecule has 7 heteroatoms. The second kappa shape index (κ2) is 11.2. The molecule has 1 heterocycles. The van der Waals surface area contributed by atoms with Crippen LogP contribution in [0, 0.1) is 0 Å². The van der Waals surface area contributed by atoms with Crippen LogP contribution in [0.3, 0.4) is 0 Å². The predicted molar refractivity (Wildman–Crippen MR) is 129 cm³/mol. The van der Waals surface area contributed by atoms with Gasteiger partial charge in [0.2, 0.25) is 0 Å². The van der Waals surface area contributed by atoms with Gasteiger partial charge in [0.1, 0.15) is 0 Å². The smallest absolute Gasteiger partial charge is 0.319 e. The lowest BCUT2D eigenvalue weighted by molar-refractivity contribution is 0.250. The third kappa shape index (κ3) is 6.91. The summed E-state index contributed by atoms with van der Waals surface area (Å²) in [5, 5.41) is 9.09. The number of rotatable bonds is 6. The number of benzene rings is 2. The molecule has 7 nitrogen and oxygen atoms in total. The van der Waals surface area contributed by atoms with E-state index in [4.69, 9.17) is 4.99 Å². The zero-order valence-corrected chi connectivity index (χ0v) is 18.8. The van der Waals surface area contributed by atoms with Gasteiger partial charge in [-0.05, 0) is 50.6 Å². The average Bonchev–Trinajstić information content (AvgIpc) is 2.78. The van der Waals surface area contributed by atoms with Crippen molar-refractivity contribution >= 4 is 23.4 Å². The first-order valence-electron chi connectivity index (χ1n) is 11.0. The minimum Gasteiger partial charge on any atom is -0.368 e. The van der Waals surface area contributed by atoms with Crippen molar-refractivity contribution in [1.82, 2.24) is 15.5 Å². The number of carbonyl (C=O) groups excluding carboxylic acids is 1. The van der Waals surface area contributed by atoms with Crippen molar-refractivity contribution in [2.75, 3.05) is 42.9 Å². The lowest BCUT2D eigenvalue weighted by Gasteiger charge is -2.37. The number of nitrogens with zero attached hydrogens (tertiary/aromatic N) is 3. The van der Waals surface area contributed by atoms with Crippen molar-refractivity contribution in [3.63, 3.8) is 0 Å². The fourth-order valence-electron chi connectivity index (χ4n) is 3.53. The van der Waals surface area contributed by atoms with Crippen molar-refractivity contribution in [2.24, 2.45) is 4.99 Å². The molecule has 0 saturated carbocycles. The number of guanidine groups is 1. The minimum absolute atomic E-state index is 0.104. The Morgan fingerprint density at radius 1 is 1.00 bits per heavy atom. The monoisotopic (exact) mass is 422 g/mol. The summed E-state index contributed by atoms with van der Waals surface area (Å²) in [5.74, 6) is 0.953. The molecule has 0 bridgehead atoms. The van der Waals surface area contributed by atoms with Crippen LogP contribution in [0.5, 0.6) is 0 Å². The summed E-state index contributed by atoms with van der Waals surface area (Å²) in [4.78, 5) is 21.4. The normalized spacial score (nSPS) is 14.5. The molecule has 3 rings (SSSR count). The zero-order chi connectivity index (χ0) is 22.1. The molecule has 3 N–H and O–H groups in total. The first kappa shape index (κ1) is 22.5.